The fourth-order valence-corrected chi connectivity index (χ4v) is 2.77. The number of anilines is 1. The van der Waals surface area contributed by atoms with Gasteiger partial charge in [0.15, 0.2) is 0 Å². The summed E-state index contributed by atoms with van der Waals surface area (Å²) in [6.45, 7) is 2.57. The van der Waals surface area contributed by atoms with Gasteiger partial charge in [-0.3, -0.25) is 4.40 Å². The van der Waals surface area contributed by atoms with Crippen molar-refractivity contribution in [3.63, 3.8) is 0 Å². The van der Waals surface area contributed by atoms with Crippen molar-refractivity contribution in [2.24, 2.45) is 0 Å². The molecule has 0 aliphatic carbocycles. The van der Waals surface area contributed by atoms with Gasteiger partial charge in [0.05, 0.1) is 12.8 Å². The van der Waals surface area contributed by atoms with E-state index in [0.29, 0.717) is 17.8 Å². The number of furan rings is 1. The van der Waals surface area contributed by atoms with Crippen molar-refractivity contribution < 1.29 is 9.52 Å². The topological polar surface area (TPSA) is 62.7 Å². The summed E-state index contributed by atoms with van der Waals surface area (Å²) in [6.07, 6.45) is 3.68. The number of fused-ring (bicyclic) bond motifs is 1. The number of phenolic OH excluding ortho intramolecular Hbond substituents is 1. The fourth-order valence-electron chi connectivity index (χ4n) is 2.77. The molecule has 0 saturated heterocycles. The highest BCUT2D eigenvalue weighted by molar-refractivity contribution is 5.80. The molecule has 0 amide bonds. The molecule has 0 spiro atoms. The maximum absolute atomic E-state index is 10.2. The largest absolute Gasteiger partial charge is 0.507 e. The first-order valence-corrected chi connectivity index (χ1v) is 7.76. The van der Waals surface area contributed by atoms with Gasteiger partial charge in [-0.1, -0.05) is 18.2 Å². The minimum atomic E-state index is 0.207. The summed E-state index contributed by atoms with van der Waals surface area (Å²) < 4.78 is 7.40. The summed E-state index contributed by atoms with van der Waals surface area (Å²) >= 11 is 0. The van der Waals surface area contributed by atoms with Crippen molar-refractivity contribution in [2.75, 3.05) is 5.32 Å². The first-order chi connectivity index (χ1) is 11.7. The van der Waals surface area contributed by atoms with E-state index in [9.17, 15) is 5.11 Å². The van der Waals surface area contributed by atoms with Crippen LogP contribution in [0.4, 0.5) is 5.82 Å². The fraction of sp³-hybridized carbons (Fsp3) is 0.105. The molecular formula is C19H17N3O2. The van der Waals surface area contributed by atoms with E-state index in [1.165, 1.54) is 0 Å². The number of pyridine rings is 1. The van der Waals surface area contributed by atoms with Gasteiger partial charge in [0, 0.05) is 11.8 Å². The number of aromatic nitrogens is 2. The lowest BCUT2D eigenvalue weighted by molar-refractivity contribution is 0.477. The third kappa shape index (κ3) is 2.50. The second-order valence-electron chi connectivity index (χ2n) is 5.69. The highest BCUT2D eigenvalue weighted by Crippen LogP contribution is 2.34. The summed E-state index contributed by atoms with van der Waals surface area (Å²) in [5, 5.41) is 13.6. The summed E-state index contributed by atoms with van der Waals surface area (Å²) in [6, 6.07) is 15.0. The zero-order valence-electron chi connectivity index (χ0n) is 13.2. The molecule has 0 unspecified atom stereocenters. The van der Waals surface area contributed by atoms with Gasteiger partial charge in [0.2, 0.25) is 0 Å². The van der Waals surface area contributed by atoms with Crippen LogP contribution in [0.15, 0.2) is 65.4 Å². The molecule has 0 atom stereocenters. The van der Waals surface area contributed by atoms with E-state index < -0.39 is 0 Å². The zero-order valence-corrected chi connectivity index (χ0v) is 13.2. The molecule has 0 radical (unpaired) electrons. The van der Waals surface area contributed by atoms with Crippen molar-refractivity contribution in [3.8, 4) is 17.0 Å². The van der Waals surface area contributed by atoms with Gasteiger partial charge in [-0.2, -0.15) is 0 Å². The van der Waals surface area contributed by atoms with E-state index in [0.717, 1.165) is 22.8 Å². The van der Waals surface area contributed by atoms with E-state index in [4.69, 9.17) is 9.40 Å². The van der Waals surface area contributed by atoms with Crippen LogP contribution in [0.25, 0.3) is 16.9 Å². The number of aromatic hydroxyl groups is 1. The molecule has 5 nitrogen and oxygen atoms in total. The summed E-state index contributed by atoms with van der Waals surface area (Å²) in [5.74, 6) is 1.87. The number of imidazole rings is 1. The Bertz CT molecular complexity index is 987. The predicted octanol–water partition coefficient (Wildman–Crippen LogP) is 4.22. The van der Waals surface area contributed by atoms with Crippen molar-refractivity contribution >= 4 is 11.5 Å². The van der Waals surface area contributed by atoms with E-state index >= 15 is 0 Å². The summed E-state index contributed by atoms with van der Waals surface area (Å²) in [4.78, 5) is 4.69. The quantitative estimate of drug-likeness (QED) is 0.591. The van der Waals surface area contributed by atoms with Gasteiger partial charge in [-0.25, -0.2) is 4.98 Å². The molecule has 2 N–H and O–H groups in total. The lowest BCUT2D eigenvalue weighted by Crippen LogP contribution is -2.03. The van der Waals surface area contributed by atoms with Crippen molar-refractivity contribution in [2.45, 2.75) is 13.5 Å². The van der Waals surface area contributed by atoms with Crippen LogP contribution in [-0.2, 0) is 6.54 Å². The monoisotopic (exact) mass is 319 g/mol. The Hall–Kier alpha value is -3.21. The molecular weight excluding hydrogens is 302 g/mol. The maximum Gasteiger partial charge on any atom is 0.139 e. The van der Waals surface area contributed by atoms with Gasteiger partial charge >= 0.3 is 0 Å². The Balaban J connectivity index is 1.85. The summed E-state index contributed by atoms with van der Waals surface area (Å²) in [5.41, 5.74) is 3.36. The first-order valence-electron chi connectivity index (χ1n) is 7.76. The van der Waals surface area contributed by atoms with Crippen LogP contribution < -0.4 is 5.32 Å². The van der Waals surface area contributed by atoms with Gasteiger partial charge in [0.25, 0.3) is 0 Å². The number of nitrogens with one attached hydrogen (secondary N) is 1. The molecule has 1 aromatic carbocycles. The summed E-state index contributed by atoms with van der Waals surface area (Å²) in [7, 11) is 0. The van der Waals surface area contributed by atoms with Crippen molar-refractivity contribution in [3.05, 3.63) is 72.3 Å². The molecule has 24 heavy (non-hydrogen) atoms. The Morgan fingerprint density at radius 1 is 1.12 bits per heavy atom. The molecule has 0 fully saturated rings. The van der Waals surface area contributed by atoms with Crippen LogP contribution in [0.1, 0.15) is 11.3 Å². The molecule has 5 heteroatoms. The van der Waals surface area contributed by atoms with Crippen LogP contribution >= 0.6 is 0 Å². The number of nitrogens with zero attached hydrogens (tertiary/aromatic N) is 2. The van der Waals surface area contributed by atoms with Crippen molar-refractivity contribution in [1.29, 1.82) is 0 Å². The average Bonchev–Trinajstić information content (AvgIpc) is 3.21. The Labute approximate surface area is 139 Å². The number of para-hydroxylation sites is 1. The maximum atomic E-state index is 10.2. The molecule has 4 aromatic rings. The van der Waals surface area contributed by atoms with E-state index in [2.05, 4.69) is 5.32 Å². The predicted molar refractivity (Wildman–Crippen MR) is 93.1 cm³/mol. The SMILES string of the molecule is Cc1ccc2nc(-c3ccccc3O)c(NCc3ccco3)n2c1. The third-order valence-corrected chi connectivity index (χ3v) is 3.94. The standard InChI is InChI=1S/C19H17N3O2/c1-13-8-9-17-21-18(15-6-2-3-7-16(15)23)19(22(17)12-13)20-11-14-5-4-10-24-14/h2-10,12,20,23H,11H2,1H3. The zero-order chi connectivity index (χ0) is 16.5. The Kier molecular flexibility index (Phi) is 3.46. The highest BCUT2D eigenvalue weighted by Gasteiger charge is 2.16. The second kappa shape index (κ2) is 5.77. The molecule has 120 valence electrons. The smallest absolute Gasteiger partial charge is 0.139 e. The number of hydrogen-bond donors (Lipinski definition) is 2. The van der Waals surface area contributed by atoms with E-state index in [1.54, 1.807) is 18.4 Å². The van der Waals surface area contributed by atoms with Gasteiger partial charge in [0.1, 0.15) is 28.7 Å². The van der Waals surface area contributed by atoms with E-state index in [1.807, 2.05) is 53.9 Å². The number of phenols is 1. The van der Waals surface area contributed by atoms with Crippen LogP contribution in [0.2, 0.25) is 0 Å². The van der Waals surface area contributed by atoms with Crippen LogP contribution in [-0.4, -0.2) is 14.5 Å². The minimum absolute atomic E-state index is 0.207. The first kappa shape index (κ1) is 14.4. The van der Waals surface area contributed by atoms with Gasteiger partial charge in [-0.15, -0.1) is 0 Å². The molecule has 3 aromatic heterocycles. The Morgan fingerprint density at radius 3 is 2.79 bits per heavy atom. The van der Waals surface area contributed by atoms with Gasteiger partial charge < -0.3 is 14.8 Å². The van der Waals surface area contributed by atoms with Crippen LogP contribution in [0.3, 0.4) is 0 Å². The van der Waals surface area contributed by atoms with Gasteiger partial charge in [-0.05, 0) is 42.8 Å². The molecule has 4 rings (SSSR count). The molecule has 3 heterocycles. The molecule has 0 aliphatic rings. The van der Waals surface area contributed by atoms with Crippen LogP contribution in [0, 0.1) is 6.92 Å². The van der Waals surface area contributed by atoms with E-state index in [-0.39, 0.29) is 5.75 Å². The van der Waals surface area contributed by atoms with Crippen molar-refractivity contribution in [1.82, 2.24) is 9.38 Å². The number of aryl methyl sites for hydroxylation is 1. The number of rotatable bonds is 4. The highest BCUT2D eigenvalue weighted by atomic mass is 16.3. The third-order valence-electron chi connectivity index (χ3n) is 3.94. The lowest BCUT2D eigenvalue weighted by Gasteiger charge is -2.09. The minimum Gasteiger partial charge on any atom is -0.507 e. The average molecular weight is 319 g/mol. The lowest BCUT2D eigenvalue weighted by atomic mass is 10.1. The number of hydrogen-bond acceptors (Lipinski definition) is 4. The molecule has 0 aliphatic heterocycles. The molecule has 0 saturated carbocycles. The molecule has 0 bridgehead atoms. The Morgan fingerprint density at radius 2 is 2.00 bits per heavy atom. The number of benzene rings is 1. The van der Waals surface area contributed by atoms with Crippen LogP contribution in [0.5, 0.6) is 5.75 Å². The second-order valence-corrected chi connectivity index (χ2v) is 5.69. The normalized spacial score (nSPS) is 11.0.